The maximum absolute atomic E-state index is 12.4. The van der Waals surface area contributed by atoms with Crippen LogP contribution in [0.1, 0.15) is 63.7 Å². The molecule has 0 unspecified atom stereocenters. The van der Waals surface area contributed by atoms with Crippen LogP contribution in [-0.2, 0) is 10.2 Å². The summed E-state index contributed by atoms with van der Waals surface area (Å²) in [4.78, 5) is 31.5. The van der Waals surface area contributed by atoms with E-state index >= 15 is 0 Å². The van der Waals surface area contributed by atoms with Gasteiger partial charge in [0.05, 0.1) is 6.04 Å². The molecule has 0 bridgehead atoms. The summed E-state index contributed by atoms with van der Waals surface area (Å²) in [5.41, 5.74) is 1.45. The van der Waals surface area contributed by atoms with Gasteiger partial charge in [-0.25, -0.2) is 14.2 Å². The lowest BCUT2D eigenvalue weighted by atomic mass is 9.86. The fourth-order valence-electron chi connectivity index (χ4n) is 3.32. The Hall–Kier alpha value is -2.41. The second-order valence-electron chi connectivity index (χ2n) is 8.12. The van der Waals surface area contributed by atoms with Gasteiger partial charge in [-0.1, -0.05) is 45.0 Å². The van der Waals surface area contributed by atoms with Gasteiger partial charge in [-0.15, -0.1) is 0 Å². The van der Waals surface area contributed by atoms with Crippen molar-refractivity contribution in [1.82, 2.24) is 14.5 Å². The van der Waals surface area contributed by atoms with Crippen molar-refractivity contribution in [2.24, 2.45) is 0 Å². The highest BCUT2D eigenvalue weighted by atomic mass is 16.5. The number of aromatic amines is 1. The molecule has 2 heterocycles. The van der Waals surface area contributed by atoms with E-state index in [1.807, 2.05) is 6.92 Å². The van der Waals surface area contributed by atoms with Crippen LogP contribution >= 0.6 is 0 Å². The molecular weight excluding hydrogens is 344 g/mol. The molecule has 2 aromatic rings. The molecule has 1 fully saturated rings. The number of nitrogens with zero attached hydrogens (tertiary/aromatic N) is 2. The third kappa shape index (κ3) is 4.47. The summed E-state index contributed by atoms with van der Waals surface area (Å²) < 4.78 is 6.50. The zero-order chi connectivity index (χ0) is 19.6. The summed E-state index contributed by atoms with van der Waals surface area (Å²) >= 11 is 0. The number of aromatic nitrogens is 3. The minimum atomic E-state index is -0.525. The molecule has 146 valence electrons. The molecule has 1 aliphatic rings. The van der Waals surface area contributed by atoms with E-state index in [0.717, 1.165) is 5.56 Å². The Bertz CT molecular complexity index is 856. The predicted octanol–water partition coefficient (Wildman–Crippen LogP) is 2.75. The van der Waals surface area contributed by atoms with E-state index in [1.54, 1.807) is 0 Å². The summed E-state index contributed by atoms with van der Waals surface area (Å²) in [6.07, 6.45) is 1.29. The van der Waals surface area contributed by atoms with Gasteiger partial charge in [0.2, 0.25) is 5.95 Å². The van der Waals surface area contributed by atoms with Gasteiger partial charge in [-0.3, -0.25) is 4.98 Å². The van der Waals surface area contributed by atoms with Crippen molar-refractivity contribution in [2.45, 2.75) is 58.0 Å². The third-order valence-electron chi connectivity index (χ3n) is 5.04. The molecule has 0 saturated carbocycles. The second kappa shape index (κ2) is 7.68. The number of hydrogen-bond donors (Lipinski definition) is 2. The smallest absolute Gasteiger partial charge is 0.355 e. The molecule has 0 aliphatic carbocycles. The van der Waals surface area contributed by atoms with Crippen molar-refractivity contribution in [3.63, 3.8) is 0 Å². The van der Waals surface area contributed by atoms with Gasteiger partial charge in [0.15, 0.2) is 0 Å². The van der Waals surface area contributed by atoms with E-state index in [0.29, 0.717) is 26.1 Å². The average Bonchev–Trinajstić information content (AvgIpc) is 2.61. The first-order valence-electron chi connectivity index (χ1n) is 9.43. The number of anilines is 1. The molecule has 7 nitrogen and oxygen atoms in total. The van der Waals surface area contributed by atoms with Crippen molar-refractivity contribution in [3.05, 3.63) is 56.4 Å². The van der Waals surface area contributed by atoms with Crippen LogP contribution in [-0.4, -0.2) is 27.7 Å². The van der Waals surface area contributed by atoms with Crippen LogP contribution in [0.2, 0.25) is 0 Å². The van der Waals surface area contributed by atoms with Crippen LogP contribution in [0.5, 0.6) is 0 Å². The first-order valence-corrected chi connectivity index (χ1v) is 9.43. The molecule has 0 spiro atoms. The summed E-state index contributed by atoms with van der Waals surface area (Å²) in [6, 6.07) is 8.07. The largest absolute Gasteiger partial charge is 0.381 e. The first kappa shape index (κ1) is 19.4. The normalized spacial score (nSPS) is 16.9. The molecule has 1 saturated heterocycles. The zero-order valence-electron chi connectivity index (χ0n) is 16.4. The molecule has 2 N–H and O–H groups in total. The zero-order valence-corrected chi connectivity index (χ0v) is 16.4. The van der Waals surface area contributed by atoms with Crippen LogP contribution in [0.15, 0.2) is 33.9 Å². The van der Waals surface area contributed by atoms with Gasteiger partial charge in [0.25, 0.3) is 0 Å². The van der Waals surface area contributed by atoms with Crippen molar-refractivity contribution in [2.75, 3.05) is 18.5 Å². The van der Waals surface area contributed by atoms with Crippen molar-refractivity contribution in [3.8, 4) is 0 Å². The number of benzene rings is 1. The van der Waals surface area contributed by atoms with Crippen LogP contribution in [0.4, 0.5) is 5.95 Å². The van der Waals surface area contributed by atoms with E-state index in [2.05, 4.69) is 60.3 Å². The minimum Gasteiger partial charge on any atom is -0.381 e. The summed E-state index contributed by atoms with van der Waals surface area (Å²) in [6.45, 7) is 9.59. The second-order valence-corrected chi connectivity index (χ2v) is 8.12. The summed E-state index contributed by atoms with van der Waals surface area (Å²) in [7, 11) is 0. The topological polar surface area (TPSA) is 89.0 Å². The Labute approximate surface area is 158 Å². The number of nitrogens with one attached hydrogen (secondary N) is 2. The van der Waals surface area contributed by atoms with E-state index < -0.39 is 11.4 Å². The maximum atomic E-state index is 12.4. The van der Waals surface area contributed by atoms with Crippen molar-refractivity contribution >= 4 is 5.95 Å². The van der Waals surface area contributed by atoms with Gasteiger partial charge >= 0.3 is 11.4 Å². The Morgan fingerprint density at radius 1 is 1.19 bits per heavy atom. The molecule has 1 aliphatic heterocycles. The summed E-state index contributed by atoms with van der Waals surface area (Å²) in [5, 5.41) is 3.12. The number of rotatable bonds is 4. The molecular formula is C20H28N4O3. The fourth-order valence-corrected chi connectivity index (χ4v) is 3.32. The lowest BCUT2D eigenvalue weighted by Gasteiger charge is -2.23. The Morgan fingerprint density at radius 3 is 2.37 bits per heavy atom. The third-order valence-corrected chi connectivity index (χ3v) is 5.04. The van der Waals surface area contributed by atoms with Gasteiger partial charge in [-0.05, 0) is 36.3 Å². The molecule has 3 rings (SSSR count). The van der Waals surface area contributed by atoms with Gasteiger partial charge < -0.3 is 10.1 Å². The molecule has 7 heteroatoms. The van der Waals surface area contributed by atoms with Gasteiger partial charge in [0, 0.05) is 19.3 Å². The highest BCUT2D eigenvalue weighted by Gasteiger charge is 2.21. The Morgan fingerprint density at radius 2 is 1.81 bits per heavy atom. The number of ether oxygens (including phenoxy) is 1. The number of hydrogen-bond acceptors (Lipinski definition) is 5. The average molecular weight is 372 g/mol. The van der Waals surface area contributed by atoms with Gasteiger partial charge in [-0.2, -0.15) is 4.98 Å². The van der Waals surface area contributed by atoms with Crippen LogP contribution < -0.4 is 16.7 Å². The van der Waals surface area contributed by atoms with E-state index in [9.17, 15) is 9.59 Å². The quantitative estimate of drug-likeness (QED) is 0.861. The molecule has 27 heavy (non-hydrogen) atoms. The Balaban J connectivity index is 1.77. The lowest BCUT2D eigenvalue weighted by molar-refractivity contribution is 0.0670. The fraction of sp³-hybridized carbons (Fsp3) is 0.550. The van der Waals surface area contributed by atoms with Gasteiger partial charge in [0.1, 0.15) is 0 Å². The minimum absolute atomic E-state index is 0.0939. The van der Waals surface area contributed by atoms with E-state index in [-0.39, 0.29) is 23.4 Å². The molecule has 0 amide bonds. The first-order chi connectivity index (χ1) is 12.8. The molecule has 1 aromatic heterocycles. The highest BCUT2D eigenvalue weighted by Crippen LogP contribution is 2.24. The maximum Gasteiger partial charge on any atom is 0.355 e. The molecule has 1 atom stereocenters. The van der Waals surface area contributed by atoms with Crippen LogP contribution in [0.3, 0.4) is 0 Å². The molecule has 1 aromatic carbocycles. The summed E-state index contributed by atoms with van der Waals surface area (Å²) in [5.74, 6) is 0.195. The van der Waals surface area contributed by atoms with E-state index in [4.69, 9.17) is 4.74 Å². The monoisotopic (exact) mass is 372 g/mol. The number of H-pyrrole nitrogens is 1. The van der Waals surface area contributed by atoms with Crippen molar-refractivity contribution in [1.29, 1.82) is 0 Å². The van der Waals surface area contributed by atoms with Crippen LogP contribution in [0.25, 0.3) is 0 Å². The Kier molecular flexibility index (Phi) is 5.51. The van der Waals surface area contributed by atoms with Crippen LogP contribution in [0, 0.1) is 0 Å². The standard InChI is InChI=1S/C20H28N4O3/c1-13(14-5-7-15(8-6-14)20(2,3)4)21-17-22-18(25)24(19(26)23-17)16-9-11-27-12-10-16/h5-8,13,16H,9-12H2,1-4H3,(H2,21,22,23,25,26)/t13-/m0/s1. The predicted molar refractivity (Wildman–Crippen MR) is 105 cm³/mol. The van der Waals surface area contributed by atoms with Crippen molar-refractivity contribution < 1.29 is 4.74 Å². The molecule has 0 radical (unpaired) electrons. The SMILES string of the molecule is C[C@H](Nc1nc(=O)n(C2CCOCC2)c(=O)[nH]1)c1ccc(C(C)(C)C)cc1. The lowest BCUT2D eigenvalue weighted by Crippen LogP contribution is -2.42. The highest BCUT2D eigenvalue weighted by molar-refractivity contribution is 5.34. The van der Waals surface area contributed by atoms with E-state index in [1.165, 1.54) is 10.1 Å².